The van der Waals surface area contributed by atoms with Crippen LogP contribution in [0.3, 0.4) is 0 Å². The van der Waals surface area contributed by atoms with Crippen molar-refractivity contribution in [3.05, 3.63) is 12.0 Å². The second-order valence-electron chi connectivity index (χ2n) is 6.21. The maximum Gasteiger partial charge on any atom is 0.226 e. The molecule has 4 rings (SSSR count). The van der Waals surface area contributed by atoms with Crippen molar-refractivity contribution >= 4 is 17.7 Å². The van der Waals surface area contributed by atoms with Crippen LogP contribution in [-0.2, 0) is 4.79 Å². The number of fused-ring (bicyclic) bond motifs is 2. The van der Waals surface area contributed by atoms with Gasteiger partial charge in [0.2, 0.25) is 11.9 Å². The molecule has 2 saturated heterocycles. The Labute approximate surface area is 122 Å². The van der Waals surface area contributed by atoms with Crippen molar-refractivity contribution < 1.29 is 9.18 Å². The van der Waals surface area contributed by atoms with Crippen LogP contribution in [0.5, 0.6) is 0 Å². The molecule has 1 aromatic rings. The number of nitrogen functional groups attached to an aromatic ring is 1. The summed E-state index contributed by atoms with van der Waals surface area (Å²) in [6.45, 7) is 1.25. The van der Waals surface area contributed by atoms with Crippen LogP contribution in [0.15, 0.2) is 6.20 Å². The van der Waals surface area contributed by atoms with E-state index in [1.807, 2.05) is 4.90 Å². The minimum absolute atomic E-state index is 0.0789. The minimum atomic E-state index is -0.453. The van der Waals surface area contributed by atoms with Crippen molar-refractivity contribution in [3.8, 4) is 0 Å². The molecule has 21 heavy (non-hydrogen) atoms. The van der Waals surface area contributed by atoms with Gasteiger partial charge in [-0.25, -0.2) is 9.37 Å². The molecule has 1 amide bonds. The average molecular weight is 291 g/mol. The lowest BCUT2D eigenvalue weighted by atomic mass is 10.1. The number of hydrogen-bond acceptors (Lipinski definition) is 5. The Hall–Kier alpha value is -1.92. The summed E-state index contributed by atoms with van der Waals surface area (Å²) in [5.41, 5.74) is 5.56. The van der Waals surface area contributed by atoms with Crippen molar-refractivity contribution in [2.24, 2.45) is 5.92 Å². The lowest BCUT2D eigenvalue weighted by molar-refractivity contribution is -0.135. The molecule has 3 heterocycles. The van der Waals surface area contributed by atoms with Crippen molar-refractivity contribution in [1.29, 1.82) is 0 Å². The Morgan fingerprint density at radius 3 is 2.52 bits per heavy atom. The van der Waals surface area contributed by atoms with E-state index in [2.05, 4.69) is 14.9 Å². The number of nitrogens with two attached hydrogens (primary N) is 1. The third-order valence-corrected chi connectivity index (χ3v) is 4.71. The van der Waals surface area contributed by atoms with Gasteiger partial charge < -0.3 is 15.5 Å². The Morgan fingerprint density at radius 1 is 1.24 bits per heavy atom. The first-order chi connectivity index (χ1) is 10.1. The first kappa shape index (κ1) is 12.8. The zero-order chi connectivity index (χ0) is 14.6. The molecule has 0 spiro atoms. The van der Waals surface area contributed by atoms with Gasteiger partial charge in [-0.05, 0) is 25.7 Å². The number of carbonyl (C=O) groups is 1. The van der Waals surface area contributed by atoms with Gasteiger partial charge in [-0.2, -0.15) is 4.98 Å². The highest BCUT2D eigenvalue weighted by atomic mass is 19.1. The van der Waals surface area contributed by atoms with E-state index in [0.29, 0.717) is 19.0 Å². The number of hydrogen-bond donors (Lipinski definition) is 1. The van der Waals surface area contributed by atoms with Crippen molar-refractivity contribution in [2.45, 2.75) is 37.8 Å². The second kappa shape index (κ2) is 4.54. The molecule has 2 atom stereocenters. The molecule has 2 N–H and O–H groups in total. The number of rotatable bonds is 2. The second-order valence-corrected chi connectivity index (χ2v) is 6.21. The lowest BCUT2D eigenvalue weighted by Gasteiger charge is -2.41. The maximum atomic E-state index is 13.9. The lowest BCUT2D eigenvalue weighted by Crippen LogP contribution is -2.56. The van der Waals surface area contributed by atoms with Gasteiger partial charge >= 0.3 is 0 Å². The normalized spacial score (nSPS) is 28.0. The number of amides is 1. The summed E-state index contributed by atoms with van der Waals surface area (Å²) < 4.78 is 13.9. The van der Waals surface area contributed by atoms with Crippen molar-refractivity contribution in [3.63, 3.8) is 0 Å². The molecule has 2 bridgehead atoms. The van der Waals surface area contributed by atoms with Gasteiger partial charge in [0.15, 0.2) is 11.6 Å². The van der Waals surface area contributed by atoms with Crippen LogP contribution in [0.1, 0.15) is 25.7 Å². The summed E-state index contributed by atoms with van der Waals surface area (Å²) in [4.78, 5) is 24.0. The van der Waals surface area contributed by atoms with Crippen LogP contribution in [0.4, 0.5) is 16.2 Å². The van der Waals surface area contributed by atoms with Crippen molar-refractivity contribution in [2.75, 3.05) is 23.7 Å². The fraction of sp³-hybridized carbons (Fsp3) is 0.643. The quantitative estimate of drug-likeness (QED) is 0.872. The summed E-state index contributed by atoms with van der Waals surface area (Å²) in [5.74, 6) is 0.426. The maximum absolute atomic E-state index is 13.9. The summed E-state index contributed by atoms with van der Waals surface area (Å²) in [6, 6.07) is 0.347. The molecule has 3 fully saturated rings. The van der Waals surface area contributed by atoms with Crippen molar-refractivity contribution in [1.82, 2.24) is 14.9 Å². The molecule has 1 saturated carbocycles. The summed E-state index contributed by atoms with van der Waals surface area (Å²) in [7, 11) is 0. The van der Waals surface area contributed by atoms with Gasteiger partial charge in [0.25, 0.3) is 0 Å². The van der Waals surface area contributed by atoms with Gasteiger partial charge in [-0.3, -0.25) is 4.79 Å². The SMILES string of the molecule is Nc1ncc(F)c(N2CC3CCC(C2)N3C(=O)C2CC2)n1. The largest absolute Gasteiger partial charge is 0.368 e. The summed E-state index contributed by atoms with van der Waals surface area (Å²) in [6.07, 6.45) is 5.13. The first-order valence-electron chi connectivity index (χ1n) is 7.48. The number of aromatic nitrogens is 2. The molecule has 1 aromatic heterocycles. The van der Waals surface area contributed by atoms with Crippen LogP contribution in [0, 0.1) is 11.7 Å². The molecular weight excluding hydrogens is 273 g/mol. The van der Waals surface area contributed by atoms with E-state index in [1.165, 1.54) is 0 Å². The van der Waals surface area contributed by atoms with Crippen LogP contribution in [0.25, 0.3) is 0 Å². The van der Waals surface area contributed by atoms with E-state index in [1.54, 1.807) is 0 Å². The Kier molecular flexibility index (Phi) is 2.77. The molecule has 112 valence electrons. The number of carbonyl (C=O) groups excluding carboxylic acids is 1. The zero-order valence-corrected chi connectivity index (χ0v) is 11.7. The van der Waals surface area contributed by atoms with Gasteiger partial charge in [-0.1, -0.05) is 0 Å². The zero-order valence-electron chi connectivity index (χ0n) is 11.7. The van der Waals surface area contributed by atoms with Gasteiger partial charge in [0.05, 0.1) is 6.20 Å². The number of nitrogens with zero attached hydrogens (tertiary/aromatic N) is 4. The van der Waals surface area contributed by atoms with E-state index in [9.17, 15) is 9.18 Å². The molecule has 7 heteroatoms. The standard InChI is InChI=1S/C14H18FN5O/c15-11-5-17-14(16)18-12(11)19-6-9-3-4-10(7-19)20(9)13(21)8-1-2-8/h5,8-10H,1-4,6-7H2,(H2,16,17,18). The number of anilines is 2. The van der Waals surface area contributed by atoms with Gasteiger partial charge in [-0.15, -0.1) is 0 Å². The third-order valence-electron chi connectivity index (χ3n) is 4.71. The van der Waals surface area contributed by atoms with E-state index in [-0.39, 0.29) is 29.8 Å². The molecule has 2 unspecified atom stereocenters. The molecule has 3 aliphatic rings. The fourth-order valence-corrected chi connectivity index (χ4v) is 3.57. The third kappa shape index (κ3) is 2.11. The van der Waals surface area contributed by atoms with Crippen LogP contribution in [0.2, 0.25) is 0 Å². The fourth-order valence-electron chi connectivity index (χ4n) is 3.57. The first-order valence-corrected chi connectivity index (χ1v) is 7.48. The number of halogens is 1. The molecular formula is C14H18FN5O. The van der Waals surface area contributed by atoms with E-state index >= 15 is 0 Å². The molecule has 0 aromatic carbocycles. The Balaban J connectivity index is 1.57. The minimum Gasteiger partial charge on any atom is -0.368 e. The summed E-state index contributed by atoms with van der Waals surface area (Å²) in [5, 5.41) is 0. The van der Waals surface area contributed by atoms with Gasteiger partial charge in [0, 0.05) is 31.1 Å². The molecule has 6 nitrogen and oxygen atoms in total. The van der Waals surface area contributed by atoms with Crippen LogP contribution in [-0.4, -0.2) is 45.9 Å². The smallest absolute Gasteiger partial charge is 0.226 e. The van der Waals surface area contributed by atoms with Crippen LogP contribution < -0.4 is 10.6 Å². The van der Waals surface area contributed by atoms with E-state index < -0.39 is 5.82 Å². The molecule has 2 aliphatic heterocycles. The van der Waals surface area contributed by atoms with Crippen LogP contribution >= 0.6 is 0 Å². The topological polar surface area (TPSA) is 75.3 Å². The monoisotopic (exact) mass is 291 g/mol. The van der Waals surface area contributed by atoms with E-state index in [0.717, 1.165) is 31.9 Å². The van der Waals surface area contributed by atoms with E-state index in [4.69, 9.17) is 5.73 Å². The number of piperazine rings is 1. The predicted octanol–water partition coefficient (Wildman–Crippen LogP) is 0.787. The molecule has 1 aliphatic carbocycles. The highest BCUT2D eigenvalue weighted by Crippen LogP contribution is 2.38. The highest BCUT2D eigenvalue weighted by Gasteiger charge is 2.47. The van der Waals surface area contributed by atoms with Gasteiger partial charge in [0.1, 0.15) is 0 Å². The predicted molar refractivity (Wildman–Crippen MR) is 75.0 cm³/mol. The molecule has 0 radical (unpaired) electrons. The summed E-state index contributed by atoms with van der Waals surface area (Å²) >= 11 is 0. The average Bonchev–Trinajstić information content (AvgIpc) is 3.27. The Morgan fingerprint density at radius 2 is 1.90 bits per heavy atom. The Bertz CT molecular complexity index is 577. The highest BCUT2D eigenvalue weighted by molar-refractivity contribution is 5.82.